The Labute approximate surface area is 191 Å². The van der Waals surface area contributed by atoms with Gasteiger partial charge in [-0.3, -0.25) is 0 Å². The van der Waals surface area contributed by atoms with E-state index in [1.165, 1.54) is 4.90 Å². The smallest absolute Gasteiger partial charge is 0.321 e. The van der Waals surface area contributed by atoms with Crippen LogP contribution in [0, 0.1) is 0 Å². The lowest BCUT2D eigenvalue weighted by atomic mass is 10.2. The average Bonchev–Trinajstić information content (AvgIpc) is 2.80. The first-order valence-corrected chi connectivity index (χ1v) is 10.8. The summed E-state index contributed by atoms with van der Waals surface area (Å²) in [5, 5.41) is 9.60. The van der Waals surface area contributed by atoms with E-state index in [1.807, 2.05) is 55.5 Å². The molecule has 0 fully saturated rings. The zero-order chi connectivity index (χ0) is 23.2. The van der Waals surface area contributed by atoms with Crippen LogP contribution in [0.4, 0.5) is 10.5 Å². The van der Waals surface area contributed by atoms with Crippen LogP contribution in [-0.4, -0.2) is 57.9 Å². The molecule has 32 heavy (non-hydrogen) atoms. The Morgan fingerprint density at radius 2 is 1.84 bits per heavy atom. The topological polar surface area (TPSA) is 87.2 Å². The van der Waals surface area contributed by atoms with Crippen LogP contribution in [0.15, 0.2) is 53.5 Å². The van der Waals surface area contributed by atoms with Crippen molar-refractivity contribution in [1.29, 1.82) is 0 Å². The summed E-state index contributed by atoms with van der Waals surface area (Å²) >= 11 is 0. The number of guanidine groups is 1. The summed E-state index contributed by atoms with van der Waals surface area (Å²) in [6.07, 6.45) is 0.892. The highest BCUT2D eigenvalue weighted by Crippen LogP contribution is 2.13. The van der Waals surface area contributed by atoms with Crippen molar-refractivity contribution in [3.63, 3.8) is 0 Å². The quantitative estimate of drug-likeness (QED) is 0.282. The van der Waals surface area contributed by atoms with Crippen molar-refractivity contribution in [2.75, 3.05) is 46.3 Å². The number of rotatable bonds is 11. The van der Waals surface area contributed by atoms with Gasteiger partial charge in [-0.1, -0.05) is 24.3 Å². The summed E-state index contributed by atoms with van der Waals surface area (Å²) in [4.78, 5) is 18.1. The predicted octanol–water partition coefficient (Wildman–Crippen LogP) is 3.45. The number of hydrogen-bond acceptors (Lipinski definition) is 4. The van der Waals surface area contributed by atoms with Crippen LogP contribution in [0.25, 0.3) is 0 Å². The number of aliphatic imine (C=N–C) groups is 1. The minimum absolute atomic E-state index is 0.163. The molecule has 0 aromatic heterocycles. The number of urea groups is 1. The van der Waals surface area contributed by atoms with Crippen LogP contribution < -0.4 is 20.7 Å². The Bertz CT molecular complexity index is 853. The van der Waals surface area contributed by atoms with Crippen LogP contribution in [0.2, 0.25) is 0 Å². The molecule has 0 unspecified atom stereocenters. The summed E-state index contributed by atoms with van der Waals surface area (Å²) in [7, 11) is 5.08. The lowest BCUT2D eigenvalue weighted by Crippen LogP contribution is -2.37. The van der Waals surface area contributed by atoms with Gasteiger partial charge in [0.05, 0.1) is 13.7 Å². The fourth-order valence-corrected chi connectivity index (χ4v) is 2.78. The van der Waals surface area contributed by atoms with E-state index in [2.05, 4.69) is 16.0 Å². The van der Waals surface area contributed by atoms with Gasteiger partial charge in [0.25, 0.3) is 0 Å². The third-order valence-electron chi connectivity index (χ3n) is 4.59. The van der Waals surface area contributed by atoms with Crippen LogP contribution in [-0.2, 0) is 17.8 Å². The maximum Gasteiger partial charge on any atom is 0.321 e. The number of hydrogen-bond donors (Lipinski definition) is 3. The van der Waals surface area contributed by atoms with E-state index in [0.717, 1.165) is 48.1 Å². The van der Waals surface area contributed by atoms with Gasteiger partial charge in [0.2, 0.25) is 0 Å². The van der Waals surface area contributed by atoms with Gasteiger partial charge in [0.15, 0.2) is 5.96 Å². The first-order chi connectivity index (χ1) is 15.5. The Morgan fingerprint density at radius 3 is 2.53 bits per heavy atom. The SMILES string of the molecule is CCOCCCNC(=NCc1cccc(NC(=O)N(C)C)c1)NCc1ccc(OC)cc1. The molecule has 2 amide bonds. The highest BCUT2D eigenvalue weighted by atomic mass is 16.5. The summed E-state index contributed by atoms with van der Waals surface area (Å²) in [6, 6.07) is 15.5. The van der Waals surface area contributed by atoms with E-state index < -0.39 is 0 Å². The number of nitrogens with zero attached hydrogens (tertiary/aromatic N) is 2. The zero-order valence-electron chi connectivity index (χ0n) is 19.5. The molecule has 8 nitrogen and oxygen atoms in total. The van der Waals surface area contributed by atoms with Crippen molar-refractivity contribution in [3.05, 3.63) is 59.7 Å². The lowest BCUT2D eigenvalue weighted by Gasteiger charge is -2.14. The number of carbonyl (C=O) groups excluding carboxylic acids is 1. The number of anilines is 1. The summed E-state index contributed by atoms with van der Waals surface area (Å²) in [5.74, 6) is 1.55. The molecule has 0 radical (unpaired) electrons. The molecule has 0 saturated carbocycles. The van der Waals surface area contributed by atoms with Crippen molar-refractivity contribution in [2.45, 2.75) is 26.4 Å². The lowest BCUT2D eigenvalue weighted by molar-refractivity contribution is 0.145. The van der Waals surface area contributed by atoms with Crippen LogP contribution in [0.5, 0.6) is 5.75 Å². The van der Waals surface area contributed by atoms with Gasteiger partial charge < -0.3 is 30.3 Å². The molecule has 174 valence electrons. The van der Waals surface area contributed by atoms with E-state index in [4.69, 9.17) is 14.5 Å². The zero-order valence-corrected chi connectivity index (χ0v) is 19.5. The van der Waals surface area contributed by atoms with E-state index in [-0.39, 0.29) is 6.03 Å². The Kier molecular flexibility index (Phi) is 10.9. The van der Waals surface area contributed by atoms with Crippen molar-refractivity contribution >= 4 is 17.7 Å². The van der Waals surface area contributed by atoms with Gasteiger partial charge in [-0.05, 0) is 48.7 Å². The average molecular weight is 442 g/mol. The fraction of sp³-hybridized carbons (Fsp3) is 0.417. The third-order valence-corrected chi connectivity index (χ3v) is 4.59. The Hall–Kier alpha value is -3.26. The van der Waals surface area contributed by atoms with Gasteiger partial charge in [-0.25, -0.2) is 9.79 Å². The van der Waals surface area contributed by atoms with E-state index in [9.17, 15) is 4.79 Å². The molecule has 0 heterocycles. The fourth-order valence-electron chi connectivity index (χ4n) is 2.78. The molecular weight excluding hydrogens is 406 g/mol. The molecule has 0 aliphatic rings. The van der Waals surface area contributed by atoms with Gasteiger partial charge in [-0.2, -0.15) is 0 Å². The van der Waals surface area contributed by atoms with Crippen molar-refractivity contribution in [2.24, 2.45) is 4.99 Å². The van der Waals surface area contributed by atoms with E-state index in [0.29, 0.717) is 19.7 Å². The summed E-state index contributed by atoms with van der Waals surface area (Å²) in [5.41, 5.74) is 2.87. The highest BCUT2D eigenvalue weighted by molar-refractivity contribution is 5.89. The normalized spacial score (nSPS) is 11.1. The van der Waals surface area contributed by atoms with Crippen LogP contribution in [0.1, 0.15) is 24.5 Å². The minimum atomic E-state index is -0.163. The Balaban J connectivity index is 2.00. The standard InChI is InChI=1S/C24H35N5O3/c1-5-32-15-7-14-25-23(26-17-19-10-12-22(31-4)13-11-19)27-18-20-8-6-9-21(16-20)28-24(30)29(2)3/h6,8-13,16H,5,7,14-15,17-18H2,1-4H3,(H,28,30)(H2,25,26,27). The summed E-state index contributed by atoms with van der Waals surface area (Å²) < 4.78 is 10.6. The second-order valence-electron chi connectivity index (χ2n) is 7.37. The number of carbonyl (C=O) groups is 1. The van der Waals surface area contributed by atoms with E-state index >= 15 is 0 Å². The molecule has 0 atom stereocenters. The predicted molar refractivity (Wildman–Crippen MR) is 129 cm³/mol. The van der Waals surface area contributed by atoms with E-state index in [1.54, 1.807) is 21.2 Å². The first kappa shape index (κ1) is 25.0. The summed E-state index contributed by atoms with van der Waals surface area (Å²) in [6.45, 7) is 5.30. The Morgan fingerprint density at radius 1 is 1.06 bits per heavy atom. The number of ether oxygens (including phenoxy) is 2. The van der Waals surface area contributed by atoms with Crippen molar-refractivity contribution in [3.8, 4) is 5.75 Å². The highest BCUT2D eigenvalue weighted by Gasteiger charge is 2.05. The van der Waals surface area contributed by atoms with Crippen molar-refractivity contribution in [1.82, 2.24) is 15.5 Å². The molecule has 2 rings (SSSR count). The molecular formula is C24H35N5O3. The molecule has 2 aromatic carbocycles. The monoisotopic (exact) mass is 441 g/mol. The molecule has 0 saturated heterocycles. The largest absolute Gasteiger partial charge is 0.497 e. The maximum absolute atomic E-state index is 11.9. The molecule has 0 bridgehead atoms. The second kappa shape index (κ2) is 13.9. The van der Waals surface area contributed by atoms with Crippen LogP contribution >= 0.6 is 0 Å². The third kappa shape index (κ3) is 9.26. The van der Waals surface area contributed by atoms with Crippen molar-refractivity contribution < 1.29 is 14.3 Å². The number of methoxy groups -OCH3 is 1. The minimum Gasteiger partial charge on any atom is -0.497 e. The number of amides is 2. The molecule has 3 N–H and O–H groups in total. The second-order valence-corrected chi connectivity index (χ2v) is 7.37. The molecule has 0 aliphatic heterocycles. The number of benzene rings is 2. The molecule has 2 aromatic rings. The molecule has 0 spiro atoms. The first-order valence-electron chi connectivity index (χ1n) is 10.8. The maximum atomic E-state index is 11.9. The number of nitrogens with one attached hydrogen (secondary N) is 3. The van der Waals surface area contributed by atoms with Gasteiger partial charge in [-0.15, -0.1) is 0 Å². The van der Waals surface area contributed by atoms with Crippen LogP contribution in [0.3, 0.4) is 0 Å². The molecule has 0 aliphatic carbocycles. The van der Waals surface area contributed by atoms with Gasteiger partial charge >= 0.3 is 6.03 Å². The van der Waals surface area contributed by atoms with Gasteiger partial charge in [0, 0.05) is 46.1 Å². The van der Waals surface area contributed by atoms with Gasteiger partial charge in [0.1, 0.15) is 5.75 Å². The molecule has 8 heteroatoms.